The number of nitrogens with zero attached hydrogens (tertiary/aromatic N) is 1. The Kier molecular flexibility index (Phi) is 4.82. The van der Waals surface area contributed by atoms with Gasteiger partial charge in [-0.1, -0.05) is 6.92 Å². The van der Waals surface area contributed by atoms with E-state index in [1.165, 1.54) is 0 Å². The van der Waals surface area contributed by atoms with Gasteiger partial charge in [-0.15, -0.1) is 11.3 Å². The molecule has 1 amide bonds. The van der Waals surface area contributed by atoms with Gasteiger partial charge in [-0.2, -0.15) is 11.8 Å². The van der Waals surface area contributed by atoms with Crippen molar-refractivity contribution in [1.29, 1.82) is 0 Å². The van der Waals surface area contributed by atoms with Crippen LogP contribution in [-0.2, 0) is 4.79 Å². The third-order valence-corrected chi connectivity index (χ3v) is 4.66. The van der Waals surface area contributed by atoms with Crippen molar-refractivity contribution >= 4 is 29.0 Å². The van der Waals surface area contributed by atoms with Gasteiger partial charge in [-0.3, -0.25) is 4.79 Å². The Morgan fingerprint density at radius 1 is 1.76 bits per heavy atom. The summed E-state index contributed by atoms with van der Waals surface area (Å²) in [5.74, 6) is 2.05. The maximum absolute atomic E-state index is 12.1. The van der Waals surface area contributed by atoms with Gasteiger partial charge in [0.05, 0.1) is 12.1 Å². The lowest BCUT2D eigenvalue weighted by atomic mass is 10.2. The summed E-state index contributed by atoms with van der Waals surface area (Å²) in [7, 11) is 0. The van der Waals surface area contributed by atoms with Gasteiger partial charge >= 0.3 is 0 Å². The summed E-state index contributed by atoms with van der Waals surface area (Å²) < 4.78 is 0. The molecule has 17 heavy (non-hydrogen) atoms. The molecule has 2 rings (SSSR count). The second kappa shape index (κ2) is 6.37. The standard InChI is InChI=1S/C11H17N3OS2/c1-2-8(11-13-4-6-17-11)14-10(15)9-7-16-5-3-12-9/h4,6,8-9,12H,2-3,5,7H2,1H3,(H,14,15). The van der Waals surface area contributed by atoms with Gasteiger partial charge in [-0.25, -0.2) is 4.98 Å². The lowest BCUT2D eigenvalue weighted by Crippen LogP contribution is -2.49. The van der Waals surface area contributed by atoms with E-state index in [0.717, 1.165) is 29.5 Å². The molecule has 2 heterocycles. The lowest BCUT2D eigenvalue weighted by Gasteiger charge is -2.24. The van der Waals surface area contributed by atoms with Crippen molar-refractivity contribution in [1.82, 2.24) is 15.6 Å². The number of thiazole rings is 1. The smallest absolute Gasteiger partial charge is 0.238 e. The Morgan fingerprint density at radius 2 is 2.65 bits per heavy atom. The van der Waals surface area contributed by atoms with Gasteiger partial charge in [0.2, 0.25) is 5.91 Å². The van der Waals surface area contributed by atoms with Crippen LogP contribution < -0.4 is 10.6 Å². The van der Waals surface area contributed by atoms with E-state index in [9.17, 15) is 4.79 Å². The number of hydrogen-bond acceptors (Lipinski definition) is 5. The van der Waals surface area contributed by atoms with Crippen LogP contribution in [-0.4, -0.2) is 35.0 Å². The molecular weight excluding hydrogens is 254 g/mol. The third kappa shape index (κ3) is 3.43. The van der Waals surface area contributed by atoms with Crippen LogP contribution in [0.5, 0.6) is 0 Å². The second-order valence-electron chi connectivity index (χ2n) is 3.92. The van der Waals surface area contributed by atoms with Gasteiger partial charge in [0.25, 0.3) is 0 Å². The maximum Gasteiger partial charge on any atom is 0.238 e. The van der Waals surface area contributed by atoms with Crippen molar-refractivity contribution in [2.75, 3.05) is 18.1 Å². The van der Waals surface area contributed by atoms with Crippen molar-refractivity contribution in [3.8, 4) is 0 Å². The minimum Gasteiger partial charge on any atom is -0.345 e. The Hall–Kier alpha value is -0.590. The van der Waals surface area contributed by atoms with Crippen molar-refractivity contribution < 1.29 is 4.79 Å². The van der Waals surface area contributed by atoms with Gasteiger partial charge in [0, 0.05) is 29.6 Å². The predicted octanol–water partition coefficient (Wildman–Crippen LogP) is 1.42. The summed E-state index contributed by atoms with van der Waals surface area (Å²) in [6.07, 6.45) is 2.66. The average Bonchev–Trinajstić information content (AvgIpc) is 2.90. The average molecular weight is 271 g/mol. The zero-order valence-corrected chi connectivity index (χ0v) is 11.4. The minimum absolute atomic E-state index is 0.0521. The van der Waals surface area contributed by atoms with E-state index in [4.69, 9.17) is 0 Å². The molecule has 1 aliphatic heterocycles. The number of carbonyl (C=O) groups excluding carboxylic acids is 1. The zero-order valence-electron chi connectivity index (χ0n) is 9.81. The van der Waals surface area contributed by atoms with Crippen molar-refractivity contribution in [2.45, 2.75) is 25.4 Å². The van der Waals surface area contributed by atoms with Crippen molar-refractivity contribution in [3.05, 3.63) is 16.6 Å². The van der Waals surface area contributed by atoms with Crippen LogP contribution in [0.1, 0.15) is 24.4 Å². The first-order valence-electron chi connectivity index (χ1n) is 5.82. The molecule has 6 heteroatoms. The molecule has 0 saturated carbocycles. The number of carbonyl (C=O) groups is 1. The van der Waals surface area contributed by atoms with Gasteiger partial charge in [-0.05, 0) is 6.42 Å². The third-order valence-electron chi connectivity index (χ3n) is 2.71. The predicted molar refractivity (Wildman–Crippen MR) is 72.4 cm³/mol. The number of hydrogen-bond donors (Lipinski definition) is 2. The summed E-state index contributed by atoms with van der Waals surface area (Å²) in [5.41, 5.74) is 0. The van der Waals surface area contributed by atoms with Crippen molar-refractivity contribution in [2.24, 2.45) is 0 Å². The van der Waals surface area contributed by atoms with Gasteiger partial charge < -0.3 is 10.6 Å². The lowest BCUT2D eigenvalue weighted by molar-refractivity contribution is -0.123. The molecule has 0 bridgehead atoms. The molecule has 2 N–H and O–H groups in total. The monoisotopic (exact) mass is 271 g/mol. The Balaban J connectivity index is 1.92. The fraction of sp³-hybridized carbons (Fsp3) is 0.636. The van der Waals surface area contributed by atoms with Crippen LogP contribution in [0.25, 0.3) is 0 Å². The van der Waals surface area contributed by atoms with E-state index >= 15 is 0 Å². The van der Waals surface area contributed by atoms with Crippen LogP contribution in [0.2, 0.25) is 0 Å². The minimum atomic E-state index is -0.0530. The fourth-order valence-electron chi connectivity index (χ4n) is 1.75. The topological polar surface area (TPSA) is 54.0 Å². The second-order valence-corrected chi connectivity index (χ2v) is 6.00. The summed E-state index contributed by atoms with van der Waals surface area (Å²) in [4.78, 5) is 16.3. The molecule has 94 valence electrons. The molecule has 1 aromatic heterocycles. The SMILES string of the molecule is CCC(NC(=O)C1CSCCN1)c1nccs1. The Labute approximate surface area is 110 Å². The largest absolute Gasteiger partial charge is 0.345 e. The highest BCUT2D eigenvalue weighted by Crippen LogP contribution is 2.19. The van der Waals surface area contributed by atoms with E-state index in [0.29, 0.717) is 0 Å². The molecule has 2 unspecified atom stereocenters. The van der Waals surface area contributed by atoms with E-state index in [1.54, 1.807) is 17.5 Å². The Morgan fingerprint density at radius 3 is 3.24 bits per heavy atom. The number of rotatable bonds is 4. The van der Waals surface area contributed by atoms with E-state index in [1.807, 2.05) is 17.1 Å². The molecule has 1 aromatic rings. The van der Waals surface area contributed by atoms with Crippen LogP contribution in [0.15, 0.2) is 11.6 Å². The maximum atomic E-state index is 12.1. The van der Waals surface area contributed by atoms with Gasteiger partial charge in [0.1, 0.15) is 5.01 Å². The first kappa shape index (κ1) is 12.9. The number of amides is 1. The van der Waals surface area contributed by atoms with E-state index in [-0.39, 0.29) is 18.0 Å². The van der Waals surface area contributed by atoms with Gasteiger partial charge in [0.15, 0.2) is 0 Å². The summed E-state index contributed by atoms with van der Waals surface area (Å²) in [6, 6.07) is -0.000936. The first-order valence-corrected chi connectivity index (χ1v) is 7.85. The fourth-order valence-corrected chi connectivity index (χ4v) is 3.46. The Bertz CT molecular complexity index is 350. The normalized spacial score (nSPS) is 22.1. The number of thioether (sulfide) groups is 1. The number of aromatic nitrogens is 1. The molecule has 4 nitrogen and oxygen atoms in total. The summed E-state index contributed by atoms with van der Waals surface area (Å²) in [5, 5.41) is 9.25. The van der Waals surface area contributed by atoms with Crippen LogP contribution in [0, 0.1) is 0 Å². The van der Waals surface area contributed by atoms with Crippen molar-refractivity contribution in [3.63, 3.8) is 0 Å². The van der Waals surface area contributed by atoms with Crippen LogP contribution >= 0.6 is 23.1 Å². The molecule has 0 spiro atoms. The molecule has 1 saturated heterocycles. The molecule has 1 aliphatic rings. The highest BCUT2D eigenvalue weighted by molar-refractivity contribution is 7.99. The first-order chi connectivity index (χ1) is 8.31. The van der Waals surface area contributed by atoms with Crippen LogP contribution in [0.4, 0.5) is 0 Å². The highest BCUT2D eigenvalue weighted by Gasteiger charge is 2.23. The molecule has 0 aliphatic carbocycles. The number of nitrogens with one attached hydrogen (secondary N) is 2. The molecule has 2 atom stereocenters. The van der Waals surface area contributed by atoms with E-state index in [2.05, 4.69) is 22.5 Å². The molecular formula is C11H17N3OS2. The molecule has 1 fully saturated rings. The molecule has 0 radical (unpaired) electrons. The molecule has 0 aromatic carbocycles. The van der Waals surface area contributed by atoms with Crippen LogP contribution in [0.3, 0.4) is 0 Å². The summed E-state index contributed by atoms with van der Waals surface area (Å²) >= 11 is 3.42. The summed E-state index contributed by atoms with van der Waals surface area (Å²) in [6.45, 7) is 2.98. The quantitative estimate of drug-likeness (QED) is 0.869. The van der Waals surface area contributed by atoms with E-state index < -0.39 is 0 Å². The zero-order chi connectivity index (χ0) is 12.1. The highest BCUT2D eigenvalue weighted by atomic mass is 32.2.